The Morgan fingerprint density at radius 1 is 1.05 bits per heavy atom. The van der Waals surface area contributed by atoms with Gasteiger partial charge < -0.3 is 10.0 Å². The smallest absolute Gasteiger partial charge is 0.222 e. The molecule has 2 bridgehead atoms. The van der Waals surface area contributed by atoms with Crippen molar-refractivity contribution in [1.29, 1.82) is 0 Å². The monoisotopic (exact) mass is 264 g/mol. The van der Waals surface area contributed by atoms with Gasteiger partial charge in [-0.15, -0.1) is 0 Å². The van der Waals surface area contributed by atoms with Crippen LogP contribution in [-0.4, -0.2) is 58.6 Å². The Morgan fingerprint density at radius 3 is 2.79 bits per heavy atom. The standard InChI is InChI=1S/C15H24N2O2/c18-12-4-5-16-8-10-6-11(14(16)7-12)9-17-13(10)2-1-3-15(17)19/h10-14,18H,1-9H2/t10-,11-,12+,13-,14?/m1/s1. The van der Waals surface area contributed by atoms with Crippen molar-refractivity contribution >= 4 is 5.91 Å². The van der Waals surface area contributed by atoms with Crippen molar-refractivity contribution in [2.75, 3.05) is 19.6 Å². The lowest BCUT2D eigenvalue weighted by Gasteiger charge is -2.57. The molecule has 5 atom stereocenters. The van der Waals surface area contributed by atoms with Gasteiger partial charge in [-0.2, -0.15) is 0 Å². The first-order valence-electron chi connectivity index (χ1n) is 7.94. The van der Waals surface area contributed by atoms with E-state index < -0.39 is 0 Å². The first kappa shape index (κ1) is 12.2. The van der Waals surface area contributed by atoms with Crippen LogP contribution in [0, 0.1) is 11.8 Å². The van der Waals surface area contributed by atoms with E-state index in [-0.39, 0.29) is 6.10 Å². The van der Waals surface area contributed by atoms with E-state index in [1.54, 1.807) is 0 Å². The molecule has 4 fully saturated rings. The summed E-state index contributed by atoms with van der Waals surface area (Å²) in [6.07, 6.45) is 6.07. The number of rotatable bonds is 0. The topological polar surface area (TPSA) is 43.8 Å². The maximum atomic E-state index is 12.1. The number of fused-ring (bicyclic) bond motifs is 6. The van der Waals surface area contributed by atoms with Gasteiger partial charge in [0.2, 0.25) is 5.91 Å². The summed E-state index contributed by atoms with van der Waals surface area (Å²) in [5.74, 6) is 1.68. The third-order valence-electron chi connectivity index (χ3n) is 5.94. The van der Waals surface area contributed by atoms with Gasteiger partial charge in [-0.3, -0.25) is 9.69 Å². The lowest BCUT2D eigenvalue weighted by atomic mass is 9.70. The van der Waals surface area contributed by atoms with Crippen molar-refractivity contribution < 1.29 is 9.90 Å². The summed E-state index contributed by atoms with van der Waals surface area (Å²) in [4.78, 5) is 17.0. The van der Waals surface area contributed by atoms with Crippen LogP contribution in [-0.2, 0) is 4.79 Å². The second-order valence-corrected chi connectivity index (χ2v) is 7.00. The Kier molecular flexibility index (Phi) is 2.85. The minimum absolute atomic E-state index is 0.118. The third kappa shape index (κ3) is 1.91. The number of carbonyl (C=O) groups excluding carboxylic acids is 1. The fourth-order valence-electron chi connectivity index (χ4n) is 5.07. The number of hydrogen-bond donors (Lipinski definition) is 1. The molecule has 0 radical (unpaired) electrons. The molecular formula is C15H24N2O2. The molecule has 1 amide bonds. The molecule has 4 heteroatoms. The largest absolute Gasteiger partial charge is 0.393 e. The first-order chi connectivity index (χ1) is 9.22. The van der Waals surface area contributed by atoms with Crippen molar-refractivity contribution in [3.8, 4) is 0 Å². The molecule has 4 saturated heterocycles. The van der Waals surface area contributed by atoms with Crippen molar-refractivity contribution in [2.24, 2.45) is 11.8 Å². The van der Waals surface area contributed by atoms with E-state index in [1.807, 2.05) is 0 Å². The molecule has 0 aromatic heterocycles. The van der Waals surface area contributed by atoms with E-state index in [0.29, 0.717) is 29.8 Å². The van der Waals surface area contributed by atoms with Gasteiger partial charge in [0.15, 0.2) is 0 Å². The SMILES string of the molecule is O=C1CCC[C@@H]2[C@@H]3C[C@H](CN12)C1C[C@@H](O)CCN1C3. The zero-order valence-electron chi connectivity index (χ0n) is 11.5. The van der Waals surface area contributed by atoms with E-state index >= 15 is 0 Å². The van der Waals surface area contributed by atoms with Crippen LogP contribution < -0.4 is 0 Å². The summed E-state index contributed by atoms with van der Waals surface area (Å²) < 4.78 is 0. The predicted octanol–water partition coefficient (Wildman–Crippen LogP) is 0.843. The second kappa shape index (κ2) is 4.45. The van der Waals surface area contributed by atoms with Crippen LogP contribution in [0.2, 0.25) is 0 Å². The third-order valence-corrected chi connectivity index (χ3v) is 5.94. The molecule has 106 valence electrons. The zero-order valence-corrected chi connectivity index (χ0v) is 11.5. The van der Waals surface area contributed by atoms with Gasteiger partial charge in [0, 0.05) is 38.1 Å². The summed E-state index contributed by atoms with van der Waals surface area (Å²) >= 11 is 0. The molecule has 4 heterocycles. The van der Waals surface area contributed by atoms with Crippen molar-refractivity contribution in [2.45, 2.75) is 56.7 Å². The van der Waals surface area contributed by atoms with Gasteiger partial charge in [0.05, 0.1) is 6.10 Å². The molecule has 4 aliphatic rings. The minimum atomic E-state index is -0.118. The summed E-state index contributed by atoms with van der Waals surface area (Å²) in [5.41, 5.74) is 0. The van der Waals surface area contributed by atoms with Crippen LogP contribution in [0.25, 0.3) is 0 Å². The Labute approximate surface area is 114 Å². The van der Waals surface area contributed by atoms with Crippen molar-refractivity contribution in [3.63, 3.8) is 0 Å². The van der Waals surface area contributed by atoms with Gasteiger partial charge in [0.25, 0.3) is 0 Å². The highest BCUT2D eigenvalue weighted by Crippen LogP contribution is 2.42. The molecule has 1 N–H and O–H groups in total. The Bertz CT molecular complexity index is 386. The lowest BCUT2D eigenvalue weighted by Crippen LogP contribution is -2.65. The van der Waals surface area contributed by atoms with E-state index in [1.165, 1.54) is 12.8 Å². The average Bonchev–Trinajstić information content (AvgIpc) is 2.41. The molecule has 19 heavy (non-hydrogen) atoms. The molecule has 0 spiro atoms. The molecule has 4 aliphatic heterocycles. The summed E-state index contributed by atoms with van der Waals surface area (Å²) in [6, 6.07) is 1.04. The van der Waals surface area contributed by atoms with E-state index in [4.69, 9.17) is 0 Å². The number of amides is 1. The summed E-state index contributed by atoms with van der Waals surface area (Å²) in [6.45, 7) is 3.16. The van der Waals surface area contributed by atoms with Crippen LogP contribution >= 0.6 is 0 Å². The molecular weight excluding hydrogens is 240 g/mol. The summed E-state index contributed by atoms with van der Waals surface area (Å²) in [7, 11) is 0. The van der Waals surface area contributed by atoms with Crippen LogP contribution in [0.1, 0.15) is 38.5 Å². The predicted molar refractivity (Wildman–Crippen MR) is 71.6 cm³/mol. The van der Waals surface area contributed by atoms with Gasteiger partial charge in [-0.1, -0.05) is 0 Å². The van der Waals surface area contributed by atoms with Gasteiger partial charge in [-0.25, -0.2) is 0 Å². The number of carbonyl (C=O) groups is 1. The maximum absolute atomic E-state index is 12.1. The van der Waals surface area contributed by atoms with Crippen LogP contribution in [0.4, 0.5) is 0 Å². The molecule has 4 nitrogen and oxygen atoms in total. The molecule has 0 aliphatic carbocycles. The van der Waals surface area contributed by atoms with Crippen molar-refractivity contribution in [1.82, 2.24) is 9.80 Å². The highest BCUT2D eigenvalue weighted by Gasteiger charge is 2.48. The van der Waals surface area contributed by atoms with Crippen molar-refractivity contribution in [3.05, 3.63) is 0 Å². The fourth-order valence-corrected chi connectivity index (χ4v) is 5.07. The summed E-state index contributed by atoms with van der Waals surface area (Å²) in [5, 5.41) is 9.92. The van der Waals surface area contributed by atoms with Gasteiger partial charge in [0.1, 0.15) is 0 Å². The highest BCUT2D eigenvalue weighted by molar-refractivity contribution is 5.77. The van der Waals surface area contributed by atoms with Crippen LogP contribution in [0.5, 0.6) is 0 Å². The normalized spacial score (nSPS) is 46.7. The van der Waals surface area contributed by atoms with E-state index in [9.17, 15) is 9.90 Å². The Hall–Kier alpha value is -0.610. The van der Waals surface area contributed by atoms with E-state index in [0.717, 1.165) is 45.3 Å². The average molecular weight is 264 g/mol. The zero-order chi connectivity index (χ0) is 13.0. The Morgan fingerprint density at radius 2 is 1.89 bits per heavy atom. The highest BCUT2D eigenvalue weighted by atomic mass is 16.3. The van der Waals surface area contributed by atoms with Gasteiger partial charge >= 0.3 is 0 Å². The number of aliphatic hydroxyl groups is 1. The second-order valence-electron chi connectivity index (χ2n) is 7.00. The number of hydrogen-bond acceptors (Lipinski definition) is 3. The van der Waals surface area contributed by atoms with Crippen LogP contribution in [0.15, 0.2) is 0 Å². The Balaban J connectivity index is 1.58. The maximum Gasteiger partial charge on any atom is 0.222 e. The van der Waals surface area contributed by atoms with Crippen LogP contribution in [0.3, 0.4) is 0 Å². The minimum Gasteiger partial charge on any atom is -0.393 e. The number of aliphatic hydroxyl groups excluding tert-OH is 1. The number of nitrogens with zero attached hydrogens (tertiary/aromatic N) is 2. The molecule has 4 rings (SSSR count). The fraction of sp³-hybridized carbons (Fsp3) is 0.933. The van der Waals surface area contributed by atoms with E-state index in [2.05, 4.69) is 9.80 Å². The lowest BCUT2D eigenvalue weighted by molar-refractivity contribution is -0.150. The molecule has 0 saturated carbocycles. The molecule has 0 aromatic carbocycles. The molecule has 1 unspecified atom stereocenters. The molecule has 0 aromatic rings. The van der Waals surface area contributed by atoms with Gasteiger partial charge in [-0.05, 0) is 43.9 Å². The first-order valence-corrected chi connectivity index (χ1v) is 7.94. The quantitative estimate of drug-likeness (QED) is 0.705. The number of piperidine rings is 4.